The number of benzene rings is 3. The highest BCUT2D eigenvalue weighted by molar-refractivity contribution is 6.37. The number of terminal acetylenes is 1. The second-order valence-electron chi connectivity index (χ2n) is 6.45. The van der Waals surface area contributed by atoms with E-state index in [-0.39, 0.29) is 22.4 Å². The van der Waals surface area contributed by atoms with Crippen LogP contribution in [0.25, 0.3) is 0 Å². The molecule has 0 saturated carbocycles. The molecule has 0 aliphatic rings. The van der Waals surface area contributed by atoms with Gasteiger partial charge in [0.15, 0.2) is 11.4 Å². The summed E-state index contributed by atoms with van der Waals surface area (Å²) in [5, 5.41) is 15.8. The molecule has 0 aliphatic carbocycles. The number of hydrazone groups is 1. The Hall–Kier alpha value is -3.30. The van der Waals surface area contributed by atoms with Crippen molar-refractivity contribution in [3.8, 4) is 18.1 Å². The lowest BCUT2D eigenvalue weighted by atomic mass is 9.85. The molecule has 0 aliphatic heterocycles. The molecule has 3 aromatic carbocycles. The highest BCUT2D eigenvalue weighted by Gasteiger charge is 2.39. The molecule has 0 saturated heterocycles. The van der Waals surface area contributed by atoms with Crippen LogP contribution in [0.15, 0.2) is 77.9 Å². The molecule has 0 heterocycles. The number of hydrogen-bond acceptors (Lipinski definition) is 4. The first-order valence-electron chi connectivity index (χ1n) is 9.19. The molecule has 0 bridgehead atoms. The first-order chi connectivity index (χ1) is 15.0. The number of aliphatic hydroxyl groups is 1. The van der Waals surface area contributed by atoms with Crippen molar-refractivity contribution in [1.82, 2.24) is 5.43 Å². The number of ether oxygens (including phenoxy) is 1. The third-order valence-corrected chi connectivity index (χ3v) is 4.97. The van der Waals surface area contributed by atoms with Gasteiger partial charge in [-0.3, -0.25) is 4.79 Å². The summed E-state index contributed by atoms with van der Waals surface area (Å²) in [5.74, 6) is 1.89. The standard InChI is InChI=1S/C24H18Cl2N2O3/c1-2-13-31-22-20(25)14-17(15-21(22)26)16-27-28-23(29)24(30,18-9-5-3-6-10-18)19-11-7-4-8-12-19/h1,3-12,14-16,30H,13H2,(H,28,29)/b27-16-. The summed E-state index contributed by atoms with van der Waals surface area (Å²) in [6.07, 6.45) is 6.53. The smallest absolute Gasteiger partial charge is 0.281 e. The van der Waals surface area contributed by atoms with Gasteiger partial charge in [-0.1, -0.05) is 89.8 Å². The van der Waals surface area contributed by atoms with Crippen molar-refractivity contribution in [2.24, 2.45) is 5.10 Å². The average Bonchev–Trinajstić information content (AvgIpc) is 2.79. The molecule has 3 rings (SSSR count). The Morgan fingerprint density at radius 1 is 1.06 bits per heavy atom. The Morgan fingerprint density at radius 2 is 1.58 bits per heavy atom. The van der Waals surface area contributed by atoms with E-state index in [1.54, 1.807) is 72.8 Å². The third kappa shape index (κ3) is 5.07. The molecule has 156 valence electrons. The first kappa shape index (κ1) is 22.4. The molecule has 2 N–H and O–H groups in total. The summed E-state index contributed by atoms with van der Waals surface area (Å²) < 4.78 is 5.31. The molecule has 31 heavy (non-hydrogen) atoms. The van der Waals surface area contributed by atoms with Crippen molar-refractivity contribution < 1.29 is 14.6 Å². The Bertz CT molecular complexity index is 1060. The number of carbonyl (C=O) groups is 1. The van der Waals surface area contributed by atoms with Crippen LogP contribution in [-0.4, -0.2) is 23.8 Å². The highest BCUT2D eigenvalue weighted by atomic mass is 35.5. The molecule has 0 fully saturated rings. The van der Waals surface area contributed by atoms with E-state index in [1.165, 1.54) is 6.21 Å². The fraction of sp³-hybridized carbons (Fsp3) is 0.0833. The topological polar surface area (TPSA) is 70.9 Å². The van der Waals surface area contributed by atoms with Crippen LogP contribution in [0.1, 0.15) is 16.7 Å². The second-order valence-corrected chi connectivity index (χ2v) is 7.26. The highest BCUT2D eigenvalue weighted by Crippen LogP contribution is 2.34. The molecule has 0 aromatic heterocycles. The van der Waals surface area contributed by atoms with E-state index in [0.717, 1.165) is 0 Å². The van der Waals surface area contributed by atoms with Crippen LogP contribution in [0.2, 0.25) is 10.0 Å². The maximum atomic E-state index is 13.0. The minimum Gasteiger partial charge on any atom is -0.478 e. The van der Waals surface area contributed by atoms with E-state index in [1.807, 2.05) is 0 Å². The van der Waals surface area contributed by atoms with Crippen LogP contribution in [0.4, 0.5) is 0 Å². The molecule has 5 nitrogen and oxygen atoms in total. The van der Waals surface area contributed by atoms with Crippen LogP contribution in [0.5, 0.6) is 5.75 Å². The molecule has 0 spiro atoms. The zero-order chi connectivity index (χ0) is 22.3. The van der Waals surface area contributed by atoms with Gasteiger partial charge in [0.05, 0.1) is 16.3 Å². The fourth-order valence-corrected chi connectivity index (χ4v) is 3.55. The van der Waals surface area contributed by atoms with Crippen LogP contribution >= 0.6 is 23.2 Å². The van der Waals surface area contributed by atoms with Gasteiger partial charge in [0, 0.05) is 0 Å². The number of halogens is 2. The van der Waals surface area contributed by atoms with E-state index in [2.05, 4.69) is 16.4 Å². The van der Waals surface area contributed by atoms with Crippen molar-refractivity contribution in [2.45, 2.75) is 5.60 Å². The lowest BCUT2D eigenvalue weighted by molar-refractivity contribution is -0.136. The van der Waals surface area contributed by atoms with E-state index >= 15 is 0 Å². The van der Waals surface area contributed by atoms with E-state index < -0.39 is 11.5 Å². The number of hydrogen-bond donors (Lipinski definition) is 2. The molecule has 7 heteroatoms. The SMILES string of the molecule is C#CCOc1c(Cl)cc(/C=N\NC(=O)C(O)(c2ccccc2)c2ccccc2)cc1Cl. The first-order valence-corrected chi connectivity index (χ1v) is 9.94. The van der Waals surface area contributed by atoms with Gasteiger partial charge in [-0.05, 0) is 28.8 Å². The Kier molecular flexibility index (Phi) is 7.32. The monoisotopic (exact) mass is 452 g/mol. The van der Waals surface area contributed by atoms with E-state index in [0.29, 0.717) is 16.7 Å². The summed E-state index contributed by atoms with van der Waals surface area (Å²) >= 11 is 12.4. The van der Waals surface area contributed by atoms with E-state index in [4.69, 9.17) is 34.4 Å². The molecule has 0 atom stereocenters. The van der Waals surface area contributed by atoms with Gasteiger partial charge in [-0.15, -0.1) is 6.42 Å². The largest absolute Gasteiger partial charge is 0.478 e. The van der Waals surface area contributed by atoms with Crippen LogP contribution in [0, 0.1) is 12.3 Å². The van der Waals surface area contributed by atoms with Gasteiger partial charge in [-0.25, -0.2) is 5.43 Å². The van der Waals surface area contributed by atoms with Crippen molar-refractivity contribution in [2.75, 3.05) is 6.61 Å². The van der Waals surface area contributed by atoms with Gasteiger partial charge >= 0.3 is 0 Å². The minimum atomic E-state index is -1.93. The van der Waals surface area contributed by atoms with Crippen LogP contribution < -0.4 is 10.2 Å². The Morgan fingerprint density at radius 3 is 2.06 bits per heavy atom. The van der Waals surface area contributed by atoms with E-state index in [9.17, 15) is 9.90 Å². The molecule has 3 aromatic rings. The summed E-state index contributed by atoms with van der Waals surface area (Å²) in [6.45, 7) is 0.0283. The third-order valence-electron chi connectivity index (χ3n) is 4.41. The van der Waals surface area contributed by atoms with Crippen molar-refractivity contribution in [3.05, 3.63) is 99.5 Å². The Balaban J connectivity index is 1.84. The lowest BCUT2D eigenvalue weighted by Gasteiger charge is -2.27. The maximum Gasteiger partial charge on any atom is 0.281 e. The predicted octanol–water partition coefficient (Wildman–Crippen LogP) is 4.39. The average molecular weight is 453 g/mol. The summed E-state index contributed by atoms with van der Waals surface area (Å²) in [4.78, 5) is 13.0. The zero-order valence-corrected chi connectivity index (χ0v) is 17.8. The van der Waals surface area contributed by atoms with Gasteiger partial charge in [0.2, 0.25) is 0 Å². The van der Waals surface area contributed by atoms with Crippen molar-refractivity contribution in [1.29, 1.82) is 0 Å². The number of nitrogens with zero attached hydrogens (tertiary/aromatic N) is 1. The number of amides is 1. The number of nitrogens with one attached hydrogen (secondary N) is 1. The summed E-state index contributed by atoms with van der Waals surface area (Å²) in [6, 6.07) is 20.4. The molecule has 0 radical (unpaired) electrons. The van der Waals surface area contributed by atoms with Crippen molar-refractivity contribution in [3.63, 3.8) is 0 Å². The lowest BCUT2D eigenvalue weighted by Crippen LogP contribution is -2.43. The quantitative estimate of drug-likeness (QED) is 0.317. The summed E-state index contributed by atoms with van der Waals surface area (Å²) in [5.41, 5.74) is 1.81. The van der Waals surface area contributed by atoms with Crippen molar-refractivity contribution >= 4 is 35.3 Å². The van der Waals surface area contributed by atoms with Crippen LogP contribution in [-0.2, 0) is 10.4 Å². The molecular formula is C24H18Cl2N2O3. The Labute approximate surface area is 190 Å². The second kappa shape index (κ2) is 10.1. The zero-order valence-electron chi connectivity index (χ0n) is 16.3. The minimum absolute atomic E-state index is 0.0283. The van der Waals surface area contributed by atoms with Gasteiger partial charge in [0.1, 0.15) is 6.61 Å². The summed E-state index contributed by atoms with van der Waals surface area (Å²) in [7, 11) is 0. The molecule has 0 unspecified atom stereocenters. The predicted molar refractivity (Wildman–Crippen MR) is 122 cm³/mol. The number of rotatable bonds is 7. The van der Waals surface area contributed by atoms with Gasteiger partial charge in [-0.2, -0.15) is 5.10 Å². The number of carbonyl (C=O) groups excluding carboxylic acids is 1. The molecular weight excluding hydrogens is 435 g/mol. The van der Waals surface area contributed by atoms with Gasteiger partial charge < -0.3 is 9.84 Å². The fourth-order valence-electron chi connectivity index (χ4n) is 2.94. The van der Waals surface area contributed by atoms with Gasteiger partial charge in [0.25, 0.3) is 5.91 Å². The maximum absolute atomic E-state index is 13.0. The van der Waals surface area contributed by atoms with Crippen LogP contribution in [0.3, 0.4) is 0 Å². The molecule has 1 amide bonds. The normalized spacial score (nSPS) is 11.2.